The van der Waals surface area contributed by atoms with E-state index in [0.717, 1.165) is 6.07 Å². The average Bonchev–Trinajstić information content (AvgIpc) is 3.42. The summed E-state index contributed by atoms with van der Waals surface area (Å²) in [5.74, 6) is -2.47. The molecule has 0 fully saturated rings. The van der Waals surface area contributed by atoms with Gasteiger partial charge in [-0.15, -0.1) is 0 Å². The number of benzene rings is 2. The van der Waals surface area contributed by atoms with Crippen LogP contribution in [0.4, 0.5) is 8.78 Å². The first-order valence-corrected chi connectivity index (χ1v) is 9.42. The molecule has 0 saturated carbocycles. The minimum atomic E-state index is -1.03. The molecule has 32 heavy (non-hydrogen) atoms. The molecule has 3 aromatic rings. The second kappa shape index (κ2) is 7.65. The number of imidazole rings is 1. The predicted octanol–water partition coefficient (Wildman–Crippen LogP) is 4.12. The Morgan fingerprint density at radius 1 is 1.03 bits per heavy atom. The number of fused-ring (bicyclic) bond motifs is 1. The van der Waals surface area contributed by atoms with Gasteiger partial charge >= 0.3 is 5.97 Å². The van der Waals surface area contributed by atoms with Gasteiger partial charge in [-0.05, 0) is 24.3 Å². The average molecular weight is 433 g/mol. The zero-order valence-corrected chi connectivity index (χ0v) is 16.2. The fourth-order valence-electron chi connectivity index (χ4n) is 3.24. The van der Waals surface area contributed by atoms with Crippen LogP contribution < -0.4 is 0 Å². The first kappa shape index (κ1) is 19.5. The minimum Gasteiger partial charge on any atom is -0.478 e. The number of aromatic nitrogens is 5. The number of hydrogen-bond donors (Lipinski definition) is 1. The second-order valence-corrected chi connectivity index (χ2v) is 6.95. The number of carboxylic acids is 1. The molecule has 0 atom stereocenters. The number of carboxylic acid groups (broad SMARTS) is 1. The van der Waals surface area contributed by atoms with Gasteiger partial charge in [-0.3, -0.25) is 4.68 Å². The number of rotatable bonds is 5. The highest BCUT2D eigenvalue weighted by molar-refractivity contribution is 5.89. The van der Waals surface area contributed by atoms with E-state index in [4.69, 9.17) is 9.63 Å². The van der Waals surface area contributed by atoms with E-state index in [2.05, 4.69) is 20.2 Å². The number of aromatic carboxylic acids is 1. The standard InChI is InChI=1S/C22H13F2N5O3/c23-16-6-2-5-15(20(16)24)21-26-18-9-25-29(11-19(18)27-21)10-14-8-17(28-32-14)12-3-1-4-13(7-12)22(30)31/h1-9,11H,10H2,(H,30,31). The Kier molecular flexibility index (Phi) is 4.66. The molecule has 1 N–H and O–H groups in total. The van der Waals surface area contributed by atoms with Crippen LogP contribution in [0, 0.1) is 11.6 Å². The van der Waals surface area contributed by atoms with E-state index < -0.39 is 17.6 Å². The molecule has 0 saturated heterocycles. The van der Waals surface area contributed by atoms with Crippen LogP contribution >= 0.6 is 0 Å². The van der Waals surface area contributed by atoms with Crippen LogP contribution in [0.1, 0.15) is 16.1 Å². The van der Waals surface area contributed by atoms with Gasteiger partial charge in [0.05, 0.1) is 23.5 Å². The molecule has 0 aliphatic carbocycles. The summed E-state index contributed by atoms with van der Waals surface area (Å²) in [6.45, 7) is 0.220. The molecule has 5 rings (SSSR count). The zero-order chi connectivity index (χ0) is 22.2. The molecule has 2 aliphatic rings. The third-order valence-corrected chi connectivity index (χ3v) is 4.79. The van der Waals surface area contributed by atoms with Crippen molar-refractivity contribution in [1.29, 1.82) is 0 Å². The lowest BCUT2D eigenvalue weighted by Crippen LogP contribution is -2.04. The highest BCUT2D eigenvalue weighted by Crippen LogP contribution is 2.27. The van der Waals surface area contributed by atoms with Gasteiger partial charge < -0.3 is 9.63 Å². The quantitative estimate of drug-likeness (QED) is 0.444. The van der Waals surface area contributed by atoms with Gasteiger partial charge in [-0.2, -0.15) is 5.10 Å². The summed E-state index contributed by atoms with van der Waals surface area (Å²) in [6.07, 6.45) is 3.08. The number of carbonyl (C=O) groups is 1. The van der Waals surface area contributed by atoms with E-state index >= 15 is 0 Å². The van der Waals surface area contributed by atoms with Gasteiger partial charge in [0.25, 0.3) is 0 Å². The topological polar surface area (TPSA) is 107 Å². The summed E-state index contributed by atoms with van der Waals surface area (Å²) >= 11 is 0. The smallest absolute Gasteiger partial charge is 0.335 e. The summed E-state index contributed by atoms with van der Waals surface area (Å²) in [7, 11) is 0. The molecule has 0 radical (unpaired) electrons. The van der Waals surface area contributed by atoms with Crippen LogP contribution in [0.15, 0.2) is 65.4 Å². The Labute approximate surface area is 179 Å². The Balaban J connectivity index is 1.41. The molecule has 2 aliphatic heterocycles. The summed E-state index contributed by atoms with van der Waals surface area (Å²) in [5.41, 5.74) is 2.10. The molecule has 3 heterocycles. The maximum absolute atomic E-state index is 14.1. The van der Waals surface area contributed by atoms with Crippen LogP contribution in [-0.4, -0.2) is 36.0 Å². The maximum atomic E-state index is 14.1. The molecule has 8 nitrogen and oxygen atoms in total. The number of nitrogens with zero attached hydrogens (tertiary/aromatic N) is 5. The maximum Gasteiger partial charge on any atom is 0.335 e. The predicted molar refractivity (Wildman–Crippen MR) is 108 cm³/mol. The summed E-state index contributed by atoms with van der Waals surface area (Å²) in [6, 6.07) is 11.9. The lowest BCUT2D eigenvalue weighted by Gasteiger charge is -2.03. The van der Waals surface area contributed by atoms with Crippen molar-refractivity contribution >= 4 is 5.97 Å². The highest BCUT2D eigenvalue weighted by atomic mass is 19.2. The van der Waals surface area contributed by atoms with Crippen molar-refractivity contribution in [2.24, 2.45) is 0 Å². The molecule has 0 spiro atoms. The molecule has 10 heteroatoms. The highest BCUT2D eigenvalue weighted by Gasteiger charge is 2.18. The summed E-state index contributed by atoms with van der Waals surface area (Å²) in [5, 5.41) is 17.4. The Hall–Kier alpha value is -4.47. The number of halogens is 2. The summed E-state index contributed by atoms with van der Waals surface area (Å²) in [4.78, 5) is 19.7. The van der Waals surface area contributed by atoms with Crippen molar-refractivity contribution in [2.75, 3.05) is 0 Å². The second-order valence-electron chi connectivity index (χ2n) is 6.95. The monoisotopic (exact) mass is 433 g/mol. The molecular weight excluding hydrogens is 420 g/mol. The van der Waals surface area contributed by atoms with Crippen LogP contribution in [-0.2, 0) is 6.54 Å². The Morgan fingerprint density at radius 2 is 1.84 bits per heavy atom. The van der Waals surface area contributed by atoms with Crippen molar-refractivity contribution in [3.8, 4) is 34.0 Å². The molecule has 0 amide bonds. The zero-order valence-electron chi connectivity index (χ0n) is 16.2. The van der Waals surface area contributed by atoms with Crippen molar-refractivity contribution in [1.82, 2.24) is 24.9 Å². The molecule has 158 valence electrons. The lowest BCUT2D eigenvalue weighted by molar-refractivity contribution is 0.0697. The van der Waals surface area contributed by atoms with Crippen LogP contribution in [0.2, 0.25) is 0 Å². The van der Waals surface area contributed by atoms with Gasteiger partial charge in [-0.25, -0.2) is 23.5 Å². The van der Waals surface area contributed by atoms with Gasteiger partial charge in [0, 0.05) is 11.6 Å². The van der Waals surface area contributed by atoms with Crippen molar-refractivity contribution in [3.05, 3.63) is 83.9 Å². The van der Waals surface area contributed by atoms with Gasteiger partial charge in [0.15, 0.2) is 23.2 Å². The Bertz CT molecular complexity index is 1430. The third-order valence-electron chi connectivity index (χ3n) is 4.79. The van der Waals surface area contributed by atoms with Crippen LogP contribution in [0.5, 0.6) is 0 Å². The SMILES string of the molecule is O=C(O)c1cccc(-c2cc(Cn3cc4nc(-c5cccc(F)c5F)nc-4cn3)on2)c1. The van der Waals surface area contributed by atoms with Gasteiger partial charge in [0.2, 0.25) is 0 Å². The van der Waals surface area contributed by atoms with Crippen molar-refractivity contribution in [2.45, 2.75) is 6.54 Å². The van der Waals surface area contributed by atoms with E-state index in [0.29, 0.717) is 28.4 Å². The van der Waals surface area contributed by atoms with Crippen LogP contribution in [0.25, 0.3) is 34.0 Å². The largest absolute Gasteiger partial charge is 0.478 e. The van der Waals surface area contributed by atoms with Crippen molar-refractivity contribution in [3.63, 3.8) is 0 Å². The molecule has 0 unspecified atom stereocenters. The fraction of sp³-hybridized carbons (Fsp3) is 0.0455. The molecule has 2 aromatic carbocycles. The first-order valence-electron chi connectivity index (χ1n) is 9.42. The lowest BCUT2D eigenvalue weighted by atomic mass is 10.1. The normalized spacial score (nSPS) is 11.2. The Morgan fingerprint density at radius 3 is 2.69 bits per heavy atom. The fourth-order valence-corrected chi connectivity index (χ4v) is 3.24. The minimum absolute atomic E-state index is 0.0313. The van der Waals surface area contributed by atoms with Gasteiger partial charge in [-0.1, -0.05) is 23.4 Å². The third kappa shape index (κ3) is 3.58. The molecule has 1 aromatic heterocycles. The van der Waals surface area contributed by atoms with E-state index in [1.54, 1.807) is 29.1 Å². The van der Waals surface area contributed by atoms with Crippen molar-refractivity contribution < 1.29 is 23.2 Å². The first-order chi connectivity index (χ1) is 15.5. The number of hydrogen-bond acceptors (Lipinski definition) is 6. The van der Waals surface area contributed by atoms with Gasteiger partial charge in [0.1, 0.15) is 23.6 Å². The summed E-state index contributed by atoms with van der Waals surface area (Å²) < 4.78 is 34.5. The van der Waals surface area contributed by atoms with Crippen LogP contribution in [0.3, 0.4) is 0 Å². The van der Waals surface area contributed by atoms with E-state index in [1.165, 1.54) is 30.5 Å². The molecular formula is C22H13F2N5O3. The molecule has 0 bridgehead atoms. The van der Waals surface area contributed by atoms with E-state index in [-0.39, 0.29) is 23.5 Å². The van der Waals surface area contributed by atoms with E-state index in [1.807, 2.05) is 0 Å². The van der Waals surface area contributed by atoms with E-state index in [9.17, 15) is 13.6 Å².